The molecule has 1 N–H and O–H groups in total. The van der Waals surface area contributed by atoms with Gasteiger partial charge in [0.15, 0.2) is 0 Å². The molecule has 76 valence electrons. The smallest absolute Gasteiger partial charge is 0.147 e. The average Bonchev–Trinajstić information content (AvgIpc) is 2.56. The van der Waals surface area contributed by atoms with Crippen molar-refractivity contribution in [2.24, 2.45) is 0 Å². The summed E-state index contributed by atoms with van der Waals surface area (Å²) in [5.41, 5.74) is 0.892. The molecule has 2 rings (SSSR count). The Hall–Kier alpha value is -0.710. The van der Waals surface area contributed by atoms with Crippen molar-refractivity contribution >= 4 is 11.6 Å². The van der Waals surface area contributed by atoms with Crippen LogP contribution in [0.3, 0.4) is 0 Å². The Balaban J connectivity index is 1.94. The van der Waals surface area contributed by atoms with E-state index in [0.29, 0.717) is 5.15 Å². The third kappa shape index (κ3) is 2.41. The monoisotopic (exact) mass is 213 g/mol. The van der Waals surface area contributed by atoms with E-state index >= 15 is 0 Å². The highest BCUT2D eigenvalue weighted by molar-refractivity contribution is 6.29. The topological polar surface area (TPSA) is 49.2 Å². The van der Waals surface area contributed by atoms with Crippen LogP contribution in [-0.2, 0) is 6.54 Å². The van der Waals surface area contributed by atoms with E-state index in [9.17, 15) is 5.11 Å². The lowest BCUT2D eigenvalue weighted by Crippen LogP contribution is -2.22. The Morgan fingerprint density at radius 1 is 1.50 bits per heavy atom. The first-order valence-corrected chi connectivity index (χ1v) is 4.98. The first-order chi connectivity index (χ1) is 6.74. The molecule has 2 heterocycles. The molecule has 0 saturated carbocycles. The maximum absolute atomic E-state index is 9.32. The number of β-amino-alcohol motifs (C(OH)–C–C–N with tert-alkyl or cyclic N) is 1. The second-order valence-corrected chi connectivity index (χ2v) is 3.90. The molecule has 4 nitrogen and oxygen atoms in total. The van der Waals surface area contributed by atoms with Crippen molar-refractivity contribution in [1.82, 2.24) is 14.9 Å². The molecule has 0 aromatic carbocycles. The predicted molar refractivity (Wildman–Crippen MR) is 52.9 cm³/mol. The molecule has 0 spiro atoms. The lowest BCUT2D eigenvalue weighted by atomic mass is 10.3. The number of rotatable bonds is 2. The summed E-state index contributed by atoms with van der Waals surface area (Å²) in [6.07, 6.45) is 3.88. The number of likely N-dealkylation sites (tertiary alicyclic amines) is 1. The third-order valence-corrected chi connectivity index (χ3v) is 2.50. The quantitative estimate of drug-likeness (QED) is 0.786. The molecular weight excluding hydrogens is 202 g/mol. The number of hydrogen-bond acceptors (Lipinski definition) is 4. The Kier molecular flexibility index (Phi) is 2.96. The van der Waals surface area contributed by atoms with Crippen LogP contribution in [0.5, 0.6) is 0 Å². The fourth-order valence-electron chi connectivity index (χ4n) is 1.61. The van der Waals surface area contributed by atoms with Crippen molar-refractivity contribution in [1.29, 1.82) is 0 Å². The number of nitrogens with zero attached hydrogens (tertiary/aromatic N) is 3. The van der Waals surface area contributed by atoms with Crippen molar-refractivity contribution in [3.63, 3.8) is 0 Å². The second kappa shape index (κ2) is 4.21. The van der Waals surface area contributed by atoms with Gasteiger partial charge in [0.25, 0.3) is 0 Å². The van der Waals surface area contributed by atoms with Crippen LogP contribution in [-0.4, -0.2) is 39.2 Å². The molecule has 5 heteroatoms. The largest absolute Gasteiger partial charge is 0.392 e. The summed E-state index contributed by atoms with van der Waals surface area (Å²) < 4.78 is 0. The maximum Gasteiger partial charge on any atom is 0.147 e. The van der Waals surface area contributed by atoms with Gasteiger partial charge in [-0.15, -0.1) is 0 Å². The van der Waals surface area contributed by atoms with E-state index in [4.69, 9.17) is 11.6 Å². The van der Waals surface area contributed by atoms with Crippen LogP contribution >= 0.6 is 11.6 Å². The van der Waals surface area contributed by atoms with E-state index in [1.807, 2.05) is 0 Å². The molecule has 0 bridgehead atoms. The zero-order chi connectivity index (χ0) is 9.97. The SMILES string of the molecule is OC1CCN(Cc2cnc(Cl)cn2)C1. The number of aliphatic hydroxyl groups is 1. The summed E-state index contributed by atoms with van der Waals surface area (Å²) in [6.45, 7) is 2.39. The maximum atomic E-state index is 9.32. The summed E-state index contributed by atoms with van der Waals surface area (Å²) in [5.74, 6) is 0. The van der Waals surface area contributed by atoms with Crippen molar-refractivity contribution in [2.45, 2.75) is 19.1 Å². The van der Waals surface area contributed by atoms with Crippen molar-refractivity contribution in [2.75, 3.05) is 13.1 Å². The number of aliphatic hydroxyl groups excluding tert-OH is 1. The Morgan fingerprint density at radius 2 is 2.36 bits per heavy atom. The molecule has 1 atom stereocenters. The summed E-state index contributed by atoms with van der Waals surface area (Å²) in [4.78, 5) is 10.3. The Labute approximate surface area is 87.5 Å². The molecule has 1 fully saturated rings. The number of halogens is 1. The Bertz CT molecular complexity index is 303. The predicted octanol–water partition coefficient (Wildman–Crippen LogP) is 0.697. The van der Waals surface area contributed by atoms with Gasteiger partial charge in [-0.2, -0.15) is 0 Å². The second-order valence-electron chi connectivity index (χ2n) is 3.51. The van der Waals surface area contributed by atoms with Crippen LogP contribution in [0.1, 0.15) is 12.1 Å². The van der Waals surface area contributed by atoms with Crippen LogP contribution in [0.15, 0.2) is 12.4 Å². The number of hydrogen-bond donors (Lipinski definition) is 1. The molecule has 0 radical (unpaired) electrons. The molecular formula is C9H12ClN3O. The van der Waals surface area contributed by atoms with Crippen LogP contribution < -0.4 is 0 Å². The zero-order valence-electron chi connectivity index (χ0n) is 7.73. The first-order valence-electron chi connectivity index (χ1n) is 4.61. The van der Waals surface area contributed by atoms with Crippen LogP contribution in [0.4, 0.5) is 0 Å². The van der Waals surface area contributed by atoms with Gasteiger partial charge in [-0.05, 0) is 6.42 Å². The highest BCUT2D eigenvalue weighted by Crippen LogP contribution is 2.12. The average molecular weight is 214 g/mol. The lowest BCUT2D eigenvalue weighted by Gasteiger charge is -2.13. The third-order valence-electron chi connectivity index (χ3n) is 2.31. The fraction of sp³-hybridized carbons (Fsp3) is 0.556. The molecule has 0 aliphatic carbocycles. The van der Waals surface area contributed by atoms with Gasteiger partial charge in [0.1, 0.15) is 5.15 Å². The summed E-state index contributed by atoms with van der Waals surface area (Å²) in [5, 5.41) is 9.74. The van der Waals surface area contributed by atoms with Gasteiger partial charge in [-0.25, -0.2) is 4.98 Å². The summed E-state index contributed by atoms with van der Waals surface area (Å²) >= 11 is 5.62. The van der Waals surface area contributed by atoms with E-state index in [1.54, 1.807) is 12.4 Å². The molecule has 1 aromatic rings. The van der Waals surface area contributed by atoms with E-state index in [-0.39, 0.29) is 6.10 Å². The van der Waals surface area contributed by atoms with Gasteiger partial charge in [-0.1, -0.05) is 11.6 Å². The minimum absolute atomic E-state index is 0.185. The van der Waals surface area contributed by atoms with E-state index in [1.165, 1.54) is 0 Å². The molecule has 1 unspecified atom stereocenters. The Morgan fingerprint density at radius 3 is 2.93 bits per heavy atom. The molecule has 0 amide bonds. The van der Waals surface area contributed by atoms with E-state index < -0.39 is 0 Å². The molecule has 1 saturated heterocycles. The normalized spacial score (nSPS) is 22.9. The van der Waals surface area contributed by atoms with Crippen LogP contribution in [0, 0.1) is 0 Å². The highest BCUT2D eigenvalue weighted by atomic mass is 35.5. The van der Waals surface area contributed by atoms with Crippen LogP contribution in [0.25, 0.3) is 0 Å². The van der Waals surface area contributed by atoms with Crippen LogP contribution in [0.2, 0.25) is 5.15 Å². The van der Waals surface area contributed by atoms with Gasteiger partial charge >= 0.3 is 0 Å². The first kappa shape index (κ1) is 9.83. The van der Waals surface area contributed by atoms with Crippen molar-refractivity contribution in [3.8, 4) is 0 Å². The summed E-state index contributed by atoms with van der Waals surface area (Å²) in [6, 6.07) is 0. The van der Waals surface area contributed by atoms with E-state index in [0.717, 1.165) is 31.7 Å². The molecule has 1 aliphatic heterocycles. The molecule has 14 heavy (non-hydrogen) atoms. The minimum atomic E-state index is -0.185. The van der Waals surface area contributed by atoms with Gasteiger partial charge in [0.2, 0.25) is 0 Å². The highest BCUT2D eigenvalue weighted by Gasteiger charge is 2.20. The fourth-order valence-corrected chi connectivity index (χ4v) is 1.70. The number of aromatic nitrogens is 2. The minimum Gasteiger partial charge on any atom is -0.392 e. The van der Waals surface area contributed by atoms with Gasteiger partial charge < -0.3 is 5.11 Å². The van der Waals surface area contributed by atoms with Gasteiger partial charge in [-0.3, -0.25) is 9.88 Å². The van der Waals surface area contributed by atoms with E-state index in [2.05, 4.69) is 14.9 Å². The van der Waals surface area contributed by atoms with Crippen molar-refractivity contribution < 1.29 is 5.11 Å². The molecule has 1 aromatic heterocycles. The standard InChI is InChI=1S/C9H12ClN3O/c10-9-4-11-7(3-12-9)5-13-2-1-8(14)6-13/h3-4,8,14H,1-2,5-6H2. The van der Waals surface area contributed by atoms with Gasteiger partial charge in [0, 0.05) is 19.6 Å². The lowest BCUT2D eigenvalue weighted by molar-refractivity contribution is 0.174. The zero-order valence-corrected chi connectivity index (χ0v) is 8.48. The molecule has 1 aliphatic rings. The van der Waals surface area contributed by atoms with Crippen molar-refractivity contribution in [3.05, 3.63) is 23.2 Å². The summed E-state index contributed by atoms with van der Waals surface area (Å²) in [7, 11) is 0. The van der Waals surface area contributed by atoms with Gasteiger partial charge in [0.05, 0.1) is 24.2 Å².